The molecule has 0 bridgehead atoms. The highest BCUT2D eigenvalue weighted by atomic mass is 32.1. The topological polar surface area (TPSA) is 63.9 Å². The van der Waals surface area contributed by atoms with E-state index in [4.69, 9.17) is 9.97 Å². The van der Waals surface area contributed by atoms with Crippen LogP contribution >= 0.6 is 11.5 Å². The van der Waals surface area contributed by atoms with E-state index in [9.17, 15) is 4.79 Å². The summed E-state index contributed by atoms with van der Waals surface area (Å²) in [5, 5.41) is 1.64. The Morgan fingerprint density at radius 2 is 1.96 bits per heavy atom. The van der Waals surface area contributed by atoms with Gasteiger partial charge in [-0.2, -0.15) is 4.37 Å². The summed E-state index contributed by atoms with van der Waals surface area (Å²) in [5.74, 6) is 2.37. The molecule has 0 amide bonds. The molecule has 7 heteroatoms. The average molecular weight is 367 g/mol. The maximum Gasteiger partial charge on any atom is 0.261 e. The molecule has 1 saturated heterocycles. The Morgan fingerprint density at radius 1 is 1.12 bits per heavy atom. The fraction of sp³-hybridized carbons (Fsp3) is 0.474. The Labute approximate surface area is 155 Å². The normalized spacial score (nSPS) is 20.7. The Hall–Kier alpha value is -2.28. The van der Waals surface area contributed by atoms with Crippen LogP contribution in [0.4, 0.5) is 5.13 Å². The van der Waals surface area contributed by atoms with E-state index in [0.29, 0.717) is 11.3 Å². The molecule has 0 N–H and O–H groups in total. The van der Waals surface area contributed by atoms with E-state index in [0.717, 1.165) is 41.7 Å². The lowest BCUT2D eigenvalue weighted by Crippen LogP contribution is -2.30. The van der Waals surface area contributed by atoms with Crippen molar-refractivity contribution < 1.29 is 0 Å². The lowest BCUT2D eigenvalue weighted by Gasteiger charge is -2.25. The highest BCUT2D eigenvalue weighted by molar-refractivity contribution is 7.09. The largest absolute Gasteiger partial charge is 0.337 e. The molecule has 1 aromatic carbocycles. The van der Waals surface area contributed by atoms with Crippen molar-refractivity contribution in [2.45, 2.75) is 44.1 Å². The van der Waals surface area contributed by atoms with Crippen molar-refractivity contribution in [2.75, 3.05) is 11.4 Å². The fourth-order valence-electron chi connectivity index (χ4n) is 3.97. The molecular formula is C19H21N5OS. The van der Waals surface area contributed by atoms with E-state index >= 15 is 0 Å². The van der Waals surface area contributed by atoms with E-state index in [1.807, 2.05) is 31.3 Å². The predicted molar refractivity (Wildman–Crippen MR) is 103 cm³/mol. The summed E-state index contributed by atoms with van der Waals surface area (Å²) in [4.78, 5) is 24.7. The van der Waals surface area contributed by atoms with Crippen LogP contribution in [0.2, 0.25) is 0 Å². The van der Waals surface area contributed by atoms with Crippen LogP contribution in [0.25, 0.3) is 10.9 Å². The summed E-state index contributed by atoms with van der Waals surface area (Å²) in [6.07, 6.45) is 5.76. The van der Waals surface area contributed by atoms with Crippen molar-refractivity contribution in [2.24, 2.45) is 7.05 Å². The van der Waals surface area contributed by atoms with Crippen LogP contribution in [-0.2, 0) is 7.05 Å². The number of hydrogen-bond acceptors (Lipinski definition) is 6. The first-order valence-corrected chi connectivity index (χ1v) is 10.1. The highest BCUT2D eigenvalue weighted by Crippen LogP contribution is 2.40. The second kappa shape index (κ2) is 6.16. The SMILES string of the molecule is Cn1c(C2CCCN2c2nc(C3CCC3)ns2)nc2ccccc2c1=O. The van der Waals surface area contributed by atoms with E-state index in [1.54, 1.807) is 4.57 Å². The van der Waals surface area contributed by atoms with Gasteiger partial charge in [-0.05, 0) is 37.8 Å². The molecule has 0 radical (unpaired) electrons. The number of hydrogen-bond donors (Lipinski definition) is 0. The van der Waals surface area contributed by atoms with Crippen LogP contribution in [0.1, 0.15) is 55.7 Å². The second-order valence-corrected chi connectivity index (χ2v) is 8.00. The van der Waals surface area contributed by atoms with Crippen molar-refractivity contribution in [3.8, 4) is 0 Å². The lowest BCUT2D eigenvalue weighted by molar-refractivity contribution is 0.404. The fourth-order valence-corrected chi connectivity index (χ4v) is 4.80. The van der Waals surface area contributed by atoms with Crippen LogP contribution in [-0.4, -0.2) is 25.5 Å². The maximum atomic E-state index is 12.8. The molecule has 1 aliphatic heterocycles. The molecule has 1 unspecified atom stereocenters. The quantitative estimate of drug-likeness (QED) is 0.710. The molecule has 5 rings (SSSR count). The van der Waals surface area contributed by atoms with Gasteiger partial charge in [-0.25, -0.2) is 9.97 Å². The maximum absolute atomic E-state index is 12.8. The van der Waals surface area contributed by atoms with E-state index in [-0.39, 0.29) is 11.6 Å². The van der Waals surface area contributed by atoms with E-state index in [1.165, 1.54) is 30.8 Å². The monoisotopic (exact) mass is 367 g/mol. The zero-order valence-corrected chi connectivity index (χ0v) is 15.6. The minimum Gasteiger partial charge on any atom is -0.337 e. The molecule has 2 fully saturated rings. The molecule has 134 valence electrons. The molecule has 3 heterocycles. The first-order chi connectivity index (χ1) is 12.7. The van der Waals surface area contributed by atoms with Gasteiger partial charge in [0.15, 0.2) is 0 Å². The van der Waals surface area contributed by atoms with Crippen LogP contribution in [0.5, 0.6) is 0 Å². The molecule has 0 spiro atoms. The van der Waals surface area contributed by atoms with E-state index < -0.39 is 0 Å². The lowest BCUT2D eigenvalue weighted by atomic mass is 9.85. The smallest absolute Gasteiger partial charge is 0.261 e. The molecule has 6 nitrogen and oxygen atoms in total. The third-order valence-electron chi connectivity index (χ3n) is 5.72. The Bertz CT molecular complexity index is 1020. The number of nitrogens with zero attached hydrogens (tertiary/aromatic N) is 5. The van der Waals surface area contributed by atoms with Gasteiger partial charge < -0.3 is 4.90 Å². The minimum atomic E-state index is 0.0184. The number of para-hydroxylation sites is 1. The number of anilines is 1. The minimum absolute atomic E-state index is 0.0184. The van der Waals surface area contributed by atoms with Crippen LogP contribution < -0.4 is 10.5 Å². The van der Waals surface area contributed by atoms with Gasteiger partial charge in [-0.3, -0.25) is 9.36 Å². The Kier molecular flexibility index (Phi) is 3.77. The summed E-state index contributed by atoms with van der Waals surface area (Å²) < 4.78 is 6.31. The van der Waals surface area contributed by atoms with Gasteiger partial charge in [0.05, 0.1) is 16.9 Å². The molecule has 2 aromatic heterocycles. The van der Waals surface area contributed by atoms with Crippen molar-refractivity contribution in [1.29, 1.82) is 0 Å². The summed E-state index contributed by atoms with van der Waals surface area (Å²) in [5.41, 5.74) is 0.787. The Morgan fingerprint density at radius 3 is 2.77 bits per heavy atom. The number of rotatable bonds is 3. The molecule has 1 saturated carbocycles. The Balaban J connectivity index is 1.54. The molecule has 1 atom stereocenters. The molecule has 1 aliphatic carbocycles. The second-order valence-electron chi connectivity index (χ2n) is 7.27. The molecule has 3 aromatic rings. The predicted octanol–water partition coefficient (Wildman–Crippen LogP) is 3.39. The highest BCUT2D eigenvalue weighted by Gasteiger charge is 2.33. The van der Waals surface area contributed by atoms with Gasteiger partial charge in [-0.1, -0.05) is 18.6 Å². The zero-order chi connectivity index (χ0) is 17.7. The third kappa shape index (κ3) is 2.45. The van der Waals surface area contributed by atoms with Crippen molar-refractivity contribution in [3.05, 3.63) is 46.3 Å². The van der Waals surface area contributed by atoms with E-state index in [2.05, 4.69) is 9.27 Å². The summed E-state index contributed by atoms with van der Waals surface area (Å²) in [6, 6.07) is 7.66. The number of fused-ring (bicyclic) bond motifs is 1. The molecule has 2 aliphatic rings. The van der Waals surface area contributed by atoms with Crippen LogP contribution in [0, 0.1) is 0 Å². The van der Waals surface area contributed by atoms with Gasteiger partial charge in [0.1, 0.15) is 11.6 Å². The van der Waals surface area contributed by atoms with Crippen molar-refractivity contribution in [1.82, 2.24) is 18.9 Å². The van der Waals surface area contributed by atoms with Gasteiger partial charge in [0.25, 0.3) is 5.56 Å². The standard InChI is InChI=1S/C19H21N5OS/c1-23-17(20-14-9-3-2-8-13(14)18(23)25)15-10-5-11-24(15)19-21-16(22-26-19)12-6-4-7-12/h2-3,8-9,12,15H,4-7,10-11H2,1H3. The van der Waals surface area contributed by atoms with Crippen molar-refractivity contribution >= 4 is 27.6 Å². The molecular weight excluding hydrogens is 346 g/mol. The van der Waals surface area contributed by atoms with Gasteiger partial charge in [0, 0.05) is 31.0 Å². The third-order valence-corrected chi connectivity index (χ3v) is 6.48. The van der Waals surface area contributed by atoms with Crippen molar-refractivity contribution in [3.63, 3.8) is 0 Å². The molecule has 26 heavy (non-hydrogen) atoms. The van der Waals surface area contributed by atoms with Gasteiger partial charge in [0.2, 0.25) is 5.13 Å². The van der Waals surface area contributed by atoms with Gasteiger partial charge >= 0.3 is 0 Å². The van der Waals surface area contributed by atoms with Crippen LogP contribution in [0.3, 0.4) is 0 Å². The van der Waals surface area contributed by atoms with Crippen LogP contribution in [0.15, 0.2) is 29.1 Å². The first kappa shape index (κ1) is 15.9. The summed E-state index contributed by atoms with van der Waals surface area (Å²) >= 11 is 1.49. The zero-order valence-electron chi connectivity index (χ0n) is 14.8. The number of aromatic nitrogens is 4. The summed E-state index contributed by atoms with van der Waals surface area (Å²) in [6.45, 7) is 0.937. The number of benzene rings is 1. The summed E-state index contributed by atoms with van der Waals surface area (Å²) in [7, 11) is 1.83. The average Bonchev–Trinajstić information content (AvgIpc) is 3.26. The first-order valence-electron chi connectivity index (χ1n) is 9.28. The van der Waals surface area contributed by atoms with Gasteiger partial charge in [-0.15, -0.1) is 0 Å².